The number of carboxylic acid groups (broad SMARTS) is 1. The summed E-state index contributed by atoms with van der Waals surface area (Å²) >= 11 is 2.94. The summed E-state index contributed by atoms with van der Waals surface area (Å²) in [5.74, 6) is -1.76. The average molecular weight is 382 g/mol. The van der Waals surface area contributed by atoms with Gasteiger partial charge in [0.05, 0.1) is 0 Å². The molecule has 120 valence electrons. The van der Waals surface area contributed by atoms with Gasteiger partial charge < -0.3 is 9.52 Å². The van der Waals surface area contributed by atoms with Crippen LogP contribution in [0.4, 0.5) is 0 Å². The number of rotatable bonds is 5. The van der Waals surface area contributed by atoms with Crippen molar-refractivity contribution in [2.24, 2.45) is 5.41 Å². The van der Waals surface area contributed by atoms with Crippen molar-refractivity contribution < 1.29 is 22.7 Å². The third kappa shape index (κ3) is 5.12. The van der Waals surface area contributed by atoms with E-state index < -0.39 is 27.3 Å². The molecule has 21 heavy (non-hydrogen) atoms. The molecule has 1 aromatic rings. The van der Waals surface area contributed by atoms with Gasteiger partial charge >= 0.3 is 5.97 Å². The van der Waals surface area contributed by atoms with Crippen LogP contribution in [-0.2, 0) is 10.0 Å². The number of nitrogens with one attached hydrogen (secondary N) is 1. The Bertz CT molecular complexity index is 640. The summed E-state index contributed by atoms with van der Waals surface area (Å²) in [5, 5.41) is 8.84. The van der Waals surface area contributed by atoms with Crippen LogP contribution >= 0.6 is 15.9 Å². The van der Waals surface area contributed by atoms with E-state index in [0.29, 0.717) is 6.42 Å². The second-order valence-electron chi connectivity index (χ2n) is 6.78. The van der Waals surface area contributed by atoms with Crippen molar-refractivity contribution in [3.05, 3.63) is 16.5 Å². The summed E-state index contributed by atoms with van der Waals surface area (Å²) < 4.78 is 32.1. The van der Waals surface area contributed by atoms with E-state index in [4.69, 9.17) is 9.52 Å². The lowest BCUT2D eigenvalue weighted by molar-refractivity contribution is 0.0661. The van der Waals surface area contributed by atoms with E-state index in [1.54, 1.807) is 13.8 Å². The summed E-state index contributed by atoms with van der Waals surface area (Å²) in [6.07, 6.45) is 0.612. The maximum atomic E-state index is 12.4. The van der Waals surface area contributed by atoms with Crippen molar-refractivity contribution in [1.82, 2.24) is 4.72 Å². The quantitative estimate of drug-likeness (QED) is 0.815. The lowest BCUT2D eigenvalue weighted by Crippen LogP contribution is -2.45. The molecule has 1 heterocycles. The fraction of sp³-hybridized carbons (Fsp3) is 0.615. The molecule has 0 aliphatic rings. The van der Waals surface area contributed by atoms with Crippen LogP contribution < -0.4 is 4.72 Å². The summed E-state index contributed by atoms with van der Waals surface area (Å²) in [5.41, 5.74) is -0.747. The Balaban J connectivity index is 3.10. The smallest absolute Gasteiger partial charge is 0.371 e. The molecule has 1 aromatic heterocycles. The van der Waals surface area contributed by atoms with Crippen LogP contribution in [0.5, 0.6) is 0 Å². The first kappa shape index (κ1) is 18.2. The molecule has 0 amide bonds. The van der Waals surface area contributed by atoms with Crippen LogP contribution in [-0.4, -0.2) is 25.0 Å². The van der Waals surface area contributed by atoms with Gasteiger partial charge in [-0.3, -0.25) is 0 Å². The molecule has 0 saturated heterocycles. The maximum absolute atomic E-state index is 12.4. The van der Waals surface area contributed by atoms with Gasteiger partial charge in [0.15, 0.2) is 4.67 Å². The molecule has 0 unspecified atom stereocenters. The van der Waals surface area contributed by atoms with Crippen LogP contribution in [0.25, 0.3) is 0 Å². The Kier molecular flexibility index (Phi) is 4.97. The molecule has 0 atom stereocenters. The Morgan fingerprint density at radius 3 is 2.24 bits per heavy atom. The second-order valence-corrected chi connectivity index (χ2v) is 9.15. The van der Waals surface area contributed by atoms with E-state index in [-0.39, 0.29) is 15.0 Å². The number of carboxylic acids is 1. The molecule has 0 bridgehead atoms. The van der Waals surface area contributed by atoms with Crippen LogP contribution in [0.2, 0.25) is 0 Å². The SMILES string of the molecule is CC(C)(C)CC(C)(C)NS(=O)(=O)c1cc(C(=O)O)oc1Br. The monoisotopic (exact) mass is 381 g/mol. The van der Waals surface area contributed by atoms with Crippen molar-refractivity contribution in [3.8, 4) is 0 Å². The molecule has 0 spiro atoms. The number of furan rings is 1. The van der Waals surface area contributed by atoms with Gasteiger partial charge in [-0.25, -0.2) is 17.9 Å². The highest BCUT2D eigenvalue weighted by atomic mass is 79.9. The van der Waals surface area contributed by atoms with Gasteiger partial charge in [-0.2, -0.15) is 0 Å². The van der Waals surface area contributed by atoms with E-state index in [9.17, 15) is 13.2 Å². The lowest BCUT2D eigenvalue weighted by atomic mass is 9.82. The molecule has 8 heteroatoms. The van der Waals surface area contributed by atoms with Crippen LogP contribution in [0.1, 0.15) is 51.6 Å². The highest BCUT2D eigenvalue weighted by Gasteiger charge is 2.33. The number of carbonyl (C=O) groups is 1. The number of aromatic carboxylic acids is 1. The van der Waals surface area contributed by atoms with Gasteiger partial charge in [0.1, 0.15) is 4.90 Å². The van der Waals surface area contributed by atoms with Gasteiger partial charge in [-0.05, 0) is 41.6 Å². The standard InChI is InChI=1S/C13H20BrNO5S/c1-12(2,3)7-13(4,5)15-21(18,19)9-6-8(11(16)17)20-10(9)14/h6,15H,7H2,1-5H3,(H,16,17). The van der Waals surface area contributed by atoms with Crippen molar-refractivity contribution >= 4 is 31.9 Å². The summed E-state index contributed by atoms with van der Waals surface area (Å²) in [7, 11) is -3.89. The lowest BCUT2D eigenvalue weighted by Gasteiger charge is -2.32. The van der Waals surface area contributed by atoms with Crippen LogP contribution in [0, 0.1) is 5.41 Å². The molecular weight excluding hydrogens is 362 g/mol. The van der Waals surface area contributed by atoms with E-state index in [2.05, 4.69) is 20.7 Å². The van der Waals surface area contributed by atoms with Gasteiger partial charge in [0, 0.05) is 11.6 Å². The number of hydrogen-bond donors (Lipinski definition) is 2. The summed E-state index contributed by atoms with van der Waals surface area (Å²) in [6.45, 7) is 9.60. The first-order valence-electron chi connectivity index (χ1n) is 6.30. The van der Waals surface area contributed by atoms with Gasteiger partial charge in [-0.15, -0.1) is 0 Å². The van der Waals surface area contributed by atoms with Gasteiger partial charge in [0.25, 0.3) is 0 Å². The molecule has 0 aliphatic heterocycles. The number of hydrogen-bond acceptors (Lipinski definition) is 4. The molecule has 2 N–H and O–H groups in total. The highest BCUT2D eigenvalue weighted by molar-refractivity contribution is 9.10. The van der Waals surface area contributed by atoms with Crippen molar-refractivity contribution in [1.29, 1.82) is 0 Å². The Morgan fingerprint density at radius 2 is 1.86 bits per heavy atom. The van der Waals surface area contributed by atoms with Crippen molar-refractivity contribution in [2.45, 2.75) is 51.5 Å². The van der Waals surface area contributed by atoms with E-state index >= 15 is 0 Å². The molecule has 0 radical (unpaired) electrons. The predicted molar refractivity (Wildman–Crippen MR) is 81.8 cm³/mol. The molecule has 0 aromatic carbocycles. The Hall–Kier alpha value is -0.860. The Labute approximate surface area is 133 Å². The normalized spacial score (nSPS) is 13.4. The molecular formula is C13H20BrNO5S. The molecule has 0 saturated carbocycles. The molecule has 6 nitrogen and oxygen atoms in total. The minimum Gasteiger partial charge on any atom is -0.475 e. The third-order valence-electron chi connectivity index (χ3n) is 2.54. The van der Waals surface area contributed by atoms with Gasteiger partial charge in [-0.1, -0.05) is 20.8 Å². The van der Waals surface area contributed by atoms with E-state index in [1.807, 2.05) is 20.8 Å². The van der Waals surface area contributed by atoms with Crippen molar-refractivity contribution in [3.63, 3.8) is 0 Å². The minimum absolute atomic E-state index is 0.0636. The van der Waals surface area contributed by atoms with Gasteiger partial charge in [0.2, 0.25) is 15.8 Å². The second kappa shape index (κ2) is 5.73. The zero-order valence-electron chi connectivity index (χ0n) is 12.7. The van der Waals surface area contributed by atoms with E-state index in [0.717, 1.165) is 6.07 Å². The summed E-state index contributed by atoms with van der Waals surface area (Å²) in [6, 6.07) is 0.988. The summed E-state index contributed by atoms with van der Waals surface area (Å²) in [4.78, 5) is 10.6. The van der Waals surface area contributed by atoms with E-state index in [1.165, 1.54) is 0 Å². The number of sulfonamides is 1. The minimum atomic E-state index is -3.89. The largest absolute Gasteiger partial charge is 0.475 e. The predicted octanol–water partition coefficient (Wildman–Crippen LogP) is 3.23. The molecule has 0 aliphatic carbocycles. The average Bonchev–Trinajstić information content (AvgIpc) is 2.54. The zero-order chi connectivity index (χ0) is 16.6. The number of halogens is 1. The Morgan fingerprint density at radius 1 is 1.33 bits per heavy atom. The third-order valence-corrected chi connectivity index (χ3v) is 5.09. The first-order chi connectivity index (χ1) is 9.23. The van der Waals surface area contributed by atoms with Crippen molar-refractivity contribution in [2.75, 3.05) is 0 Å². The highest BCUT2D eigenvalue weighted by Crippen LogP contribution is 2.31. The molecule has 0 fully saturated rings. The van der Waals surface area contributed by atoms with Crippen LogP contribution in [0.15, 0.2) is 20.0 Å². The zero-order valence-corrected chi connectivity index (χ0v) is 15.1. The topological polar surface area (TPSA) is 96.6 Å². The maximum Gasteiger partial charge on any atom is 0.371 e. The fourth-order valence-corrected chi connectivity index (χ4v) is 4.77. The molecule has 1 rings (SSSR count). The fourth-order valence-electron chi connectivity index (χ4n) is 2.42. The first-order valence-corrected chi connectivity index (χ1v) is 8.58. The van der Waals surface area contributed by atoms with Crippen LogP contribution in [0.3, 0.4) is 0 Å².